The zero-order valence-corrected chi connectivity index (χ0v) is 13.3. The highest BCUT2D eigenvalue weighted by atomic mass is 32.1. The van der Waals surface area contributed by atoms with Crippen molar-refractivity contribution >= 4 is 11.3 Å². The minimum Gasteiger partial charge on any atom is -0.316 e. The molecule has 0 amide bonds. The third kappa shape index (κ3) is 5.51. The Kier molecular flexibility index (Phi) is 6.33. The molecule has 3 heteroatoms. The first kappa shape index (κ1) is 15.7. The third-order valence-electron chi connectivity index (χ3n) is 3.36. The summed E-state index contributed by atoms with van der Waals surface area (Å²) in [5.41, 5.74) is 0.328. The van der Waals surface area contributed by atoms with Crippen LogP contribution in [0.15, 0.2) is 17.5 Å². The van der Waals surface area contributed by atoms with Crippen LogP contribution in [0.5, 0.6) is 0 Å². The lowest BCUT2D eigenvalue weighted by atomic mass is 9.92. The number of nitrogens with one attached hydrogen (secondary N) is 1. The molecule has 0 fully saturated rings. The lowest BCUT2D eigenvalue weighted by Crippen LogP contribution is -2.42. The van der Waals surface area contributed by atoms with Crippen LogP contribution in [0.4, 0.5) is 0 Å². The summed E-state index contributed by atoms with van der Waals surface area (Å²) in [6, 6.07) is 4.98. The molecule has 1 atom stereocenters. The van der Waals surface area contributed by atoms with E-state index in [4.69, 9.17) is 0 Å². The fourth-order valence-corrected chi connectivity index (χ4v) is 3.05. The van der Waals surface area contributed by atoms with Gasteiger partial charge in [0.1, 0.15) is 0 Å². The van der Waals surface area contributed by atoms with Gasteiger partial charge >= 0.3 is 0 Å². The summed E-state index contributed by atoms with van der Waals surface area (Å²) < 4.78 is 0. The lowest BCUT2D eigenvalue weighted by Gasteiger charge is -2.34. The zero-order valence-electron chi connectivity index (χ0n) is 12.5. The summed E-state index contributed by atoms with van der Waals surface area (Å²) in [7, 11) is 2.24. The van der Waals surface area contributed by atoms with Gasteiger partial charge in [-0.3, -0.25) is 0 Å². The third-order valence-corrected chi connectivity index (χ3v) is 4.26. The molecular weight excluding hydrogens is 240 g/mol. The topological polar surface area (TPSA) is 15.3 Å². The highest BCUT2D eigenvalue weighted by Gasteiger charge is 2.22. The summed E-state index contributed by atoms with van der Waals surface area (Å²) in [5, 5.41) is 5.62. The van der Waals surface area contributed by atoms with Gasteiger partial charge in [-0.2, -0.15) is 0 Å². The van der Waals surface area contributed by atoms with E-state index in [1.807, 2.05) is 11.3 Å². The number of nitrogens with zero attached hydrogens (tertiary/aromatic N) is 1. The van der Waals surface area contributed by atoms with Crippen LogP contribution in [-0.2, 0) is 6.42 Å². The van der Waals surface area contributed by atoms with Crippen molar-refractivity contribution in [2.24, 2.45) is 5.41 Å². The molecule has 0 spiro atoms. The Bertz CT molecular complexity index is 319. The summed E-state index contributed by atoms with van der Waals surface area (Å²) in [6.45, 7) is 12.4. The van der Waals surface area contributed by atoms with E-state index >= 15 is 0 Å². The van der Waals surface area contributed by atoms with E-state index in [9.17, 15) is 0 Å². The van der Waals surface area contributed by atoms with Crippen molar-refractivity contribution < 1.29 is 0 Å². The fourth-order valence-electron chi connectivity index (χ4n) is 2.23. The standard InChI is InChI=1S/C15H28N2S/c1-6-16-11-15(3,4)12-17(5)13(2)10-14-8-7-9-18-14/h7-9,13,16H,6,10-12H2,1-5H3. The normalized spacial score (nSPS) is 14.1. The predicted octanol–water partition coefficient (Wildman–Crippen LogP) is 3.25. The first-order valence-electron chi connectivity index (χ1n) is 6.88. The van der Waals surface area contributed by atoms with Crippen LogP contribution >= 0.6 is 11.3 Å². The molecule has 0 aliphatic carbocycles. The van der Waals surface area contributed by atoms with Gasteiger partial charge in [0.05, 0.1) is 0 Å². The average Bonchev–Trinajstić information content (AvgIpc) is 2.78. The van der Waals surface area contributed by atoms with Gasteiger partial charge in [0, 0.05) is 24.0 Å². The zero-order chi connectivity index (χ0) is 13.6. The average molecular weight is 268 g/mol. The van der Waals surface area contributed by atoms with Crippen LogP contribution in [0, 0.1) is 5.41 Å². The van der Waals surface area contributed by atoms with E-state index in [2.05, 4.69) is 62.5 Å². The molecule has 1 aromatic rings. The highest BCUT2D eigenvalue weighted by molar-refractivity contribution is 7.09. The summed E-state index contributed by atoms with van der Waals surface area (Å²) in [4.78, 5) is 3.97. The number of hydrogen-bond acceptors (Lipinski definition) is 3. The number of likely N-dealkylation sites (N-methyl/N-ethyl adjacent to an activating group) is 1. The van der Waals surface area contributed by atoms with Crippen molar-refractivity contribution in [3.8, 4) is 0 Å². The molecule has 1 aromatic heterocycles. The maximum Gasteiger partial charge on any atom is 0.0112 e. The van der Waals surface area contributed by atoms with Crippen LogP contribution in [-0.4, -0.2) is 37.6 Å². The maximum atomic E-state index is 3.45. The van der Waals surface area contributed by atoms with Gasteiger partial charge < -0.3 is 10.2 Å². The summed E-state index contributed by atoms with van der Waals surface area (Å²) in [5.74, 6) is 0. The Hall–Kier alpha value is -0.380. The summed E-state index contributed by atoms with van der Waals surface area (Å²) >= 11 is 1.86. The molecule has 0 saturated carbocycles. The Balaban J connectivity index is 2.41. The fraction of sp³-hybridized carbons (Fsp3) is 0.733. The summed E-state index contributed by atoms with van der Waals surface area (Å²) in [6.07, 6.45) is 1.16. The predicted molar refractivity (Wildman–Crippen MR) is 82.4 cm³/mol. The molecule has 0 bridgehead atoms. The van der Waals surface area contributed by atoms with Crippen molar-refractivity contribution in [3.63, 3.8) is 0 Å². The molecule has 104 valence electrons. The van der Waals surface area contributed by atoms with Crippen LogP contribution < -0.4 is 5.32 Å². The first-order chi connectivity index (χ1) is 8.44. The van der Waals surface area contributed by atoms with Crippen LogP contribution in [0.2, 0.25) is 0 Å². The quantitative estimate of drug-likeness (QED) is 0.778. The first-order valence-corrected chi connectivity index (χ1v) is 7.76. The SMILES string of the molecule is CCNCC(C)(C)CN(C)C(C)Cc1cccs1. The Morgan fingerprint density at radius 1 is 1.44 bits per heavy atom. The van der Waals surface area contributed by atoms with E-state index in [-0.39, 0.29) is 0 Å². The second-order valence-electron chi connectivity index (χ2n) is 5.99. The van der Waals surface area contributed by atoms with Gasteiger partial charge in [-0.25, -0.2) is 0 Å². The molecule has 0 aromatic carbocycles. The van der Waals surface area contributed by atoms with Crippen molar-refractivity contribution in [2.45, 2.75) is 40.2 Å². The minimum atomic E-state index is 0.328. The molecule has 1 heterocycles. The Morgan fingerprint density at radius 2 is 2.17 bits per heavy atom. The van der Waals surface area contributed by atoms with E-state index in [1.54, 1.807) is 0 Å². The van der Waals surface area contributed by atoms with Crippen molar-refractivity contribution in [1.82, 2.24) is 10.2 Å². The number of hydrogen-bond donors (Lipinski definition) is 1. The van der Waals surface area contributed by atoms with Gasteiger partial charge in [-0.15, -0.1) is 11.3 Å². The second-order valence-corrected chi connectivity index (χ2v) is 7.02. The highest BCUT2D eigenvalue weighted by Crippen LogP contribution is 2.19. The van der Waals surface area contributed by atoms with E-state index in [1.165, 1.54) is 4.88 Å². The Morgan fingerprint density at radius 3 is 2.72 bits per heavy atom. The number of rotatable bonds is 8. The van der Waals surface area contributed by atoms with Crippen molar-refractivity contribution in [1.29, 1.82) is 0 Å². The van der Waals surface area contributed by atoms with Gasteiger partial charge in [0.25, 0.3) is 0 Å². The second kappa shape index (κ2) is 7.27. The Labute approximate surface area is 116 Å². The van der Waals surface area contributed by atoms with Crippen LogP contribution in [0.25, 0.3) is 0 Å². The van der Waals surface area contributed by atoms with E-state index in [0.717, 1.165) is 26.1 Å². The molecule has 1 unspecified atom stereocenters. The smallest absolute Gasteiger partial charge is 0.0112 e. The minimum absolute atomic E-state index is 0.328. The molecule has 0 aliphatic heterocycles. The molecule has 18 heavy (non-hydrogen) atoms. The molecule has 2 nitrogen and oxygen atoms in total. The molecule has 0 aliphatic rings. The van der Waals surface area contributed by atoms with Gasteiger partial charge in [0.15, 0.2) is 0 Å². The molecule has 0 saturated heterocycles. The van der Waals surface area contributed by atoms with Crippen LogP contribution in [0.3, 0.4) is 0 Å². The van der Waals surface area contributed by atoms with Gasteiger partial charge in [0.2, 0.25) is 0 Å². The number of thiophene rings is 1. The lowest BCUT2D eigenvalue weighted by molar-refractivity contribution is 0.166. The van der Waals surface area contributed by atoms with E-state index in [0.29, 0.717) is 11.5 Å². The van der Waals surface area contributed by atoms with E-state index < -0.39 is 0 Å². The van der Waals surface area contributed by atoms with Crippen LogP contribution in [0.1, 0.15) is 32.6 Å². The van der Waals surface area contributed by atoms with Crippen molar-refractivity contribution in [3.05, 3.63) is 22.4 Å². The molecule has 1 rings (SSSR count). The van der Waals surface area contributed by atoms with Gasteiger partial charge in [-0.05, 0) is 43.8 Å². The largest absolute Gasteiger partial charge is 0.316 e. The molecular formula is C15H28N2S. The molecule has 1 N–H and O–H groups in total. The maximum absolute atomic E-state index is 3.45. The molecule has 0 radical (unpaired) electrons. The van der Waals surface area contributed by atoms with Gasteiger partial charge in [-0.1, -0.05) is 26.8 Å². The monoisotopic (exact) mass is 268 g/mol. The van der Waals surface area contributed by atoms with Crippen molar-refractivity contribution in [2.75, 3.05) is 26.7 Å².